The minimum Gasteiger partial charge on any atom is -0.357 e. The Morgan fingerprint density at radius 1 is 1.24 bits per heavy atom. The number of guanidine groups is 1. The molecule has 2 aliphatic rings. The molecule has 5 nitrogen and oxygen atoms in total. The molecule has 0 atom stereocenters. The fourth-order valence-corrected chi connectivity index (χ4v) is 2.80. The van der Waals surface area contributed by atoms with E-state index in [-0.39, 0.29) is 18.0 Å². The van der Waals surface area contributed by atoms with Crippen molar-refractivity contribution in [1.82, 2.24) is 16.0 Å². The van der Waals surface area contributed by atoms with Crippen molar-refractivity contribution in [3.63, 3.8) is 0 Å². The summed E-state index contributed by atoms with van der Waals surface area (Å²) in [6, 6.07) is 0. The van der Waals surface area contributed by atoms with E-state index in [1.165, 1.54) is 25.7 Å². The SMILES string of the molecule is CCNC(=NCC(=O)NC(C)(C)C)NCC1(C2CC2)CC1. The first kappa shape index (κ1) is 16.1. The molecular weight excluding hydrogens is 264 g/mol. The molecule has 0 spiro atoms. The molecule has 0 aromatic heterocycles. The monoisotopic (exact) mass is 294 g/mol. The molecule has 2 rings (SSSR count). The van der Waals surface area contributed by atoms with Crippen LogP contribution in [0.4, 0.5) is 0 Å². The maximum Gasteiger partial charge on any atom is 0.242 e. The normalized spacial score (nSPS) is 20.9. The summed E-state index contributed by atoms with van der Waals surface area (Å²) in [5, 5.41) is 9.57. The number of rotatable bonds is 6. The van der Waals surface area contributed by atoms with Gasteiger partial charge in [-0.1, -0.05) is 0 Å². The molecule has 2 saturated carbocycles. The van der Waals surface area contributed by atoms with Crippen molar-refractivity contribution in [3.05, 3.63) is 0 Å². The second-order valence-corrected chi connectivity index (χ2v) is 7.48. The summed E-state index contributed by atoms with van der Waals surface area (Å²) in [5.74, 6) is 1.65. The van der Waals surface area contributed by atoms with Crippen LogP contribution in [0.3, 0.4) is 0 Å². The molecule has 0 unspecified atom stereocenters. The van der Waals surface area contributed by atoms with Crippen molar-refractivity contribution in [2.75, 3.05) is 19.6 Å². The Hall–Kier alpha value is -1.26. The van der Waals surface area contributed by atoms with E-state index in [4.69, 9.17) is 0 Å². The lowest BCUT2D eigenvalue weighted by molar-refractivity contribution is -0.121. The average Bonchev–Trinajstić information content (AvgIpc) is 3.24. The van der Waals surface area contributed by atoms with Crippen LogP contribution in [0.15, 0.2) is 4.99 Å². The van der Waals surface area contributed by atoms with E-state index in [9.17, 15) is 4.79 Å². The summed E-state index contributed by atoms with van der Waals surface area (Å²) < 4.78 is 0. The van der Waals surface area contributed by atoms with Crippen molar-refractivity contribution >= 4 is 11.9 Å². The van der Waals surface area contributed by atoms with Crippen LogP contribution >= 0.6 is 0 Å². The van der Waals surface area contributed by atoms with Gasteiger partial charge in [0.15, 0.2) is 5.96 Å². The van der Waals surface area contributed by atoms with Gasteiger partial charge in [-0.2, -0.15) is 0 Å². The first-order valence-corrected chi connectivity index (χ1v) is 8.18. The topological polar surface area (TPSA) is 65.5 Å². The second kappa shape index (κ2) is 6.24. The lowest BCUT2D eigenvalue weighted by Gasteiger charge is -2.20. The van der Waals surface area contributed by atoms with Gasteiger partial charge >= 0.3 is 0 Å². The predicted octanol–water partition coefficient (Wildman–Crippen LogP) is 1.65. The van der Waals surface area contributed by atoms with E-state index in [2.05, 4.69) is 20.9 Å². The Morgan fingerprint density at radius 2 is 1.90 bits per heavy atom. The number of hydrogen-bond acceptors (Lipinski definition) is 2. The van der Waals surface area contributed by atoms with Crippen LogP contribution in [0.25, 0.3) is 0 Å². The summed E-state index contributed by atoms with van der Waals surface area (Å²) in [6.45, 7) is 9.94. The Morgan fingerprint density at radius 3 is 2.38 bits per heavy atom. The molecule has 0 saturated heterocycles. The lowest BCUT2D eigenvalue weighted by atomic mass is 10.0. The van der Waals surface area contributed by atoms with Crippen molar-refractivity contribution in [2.24, 2.45) is 16.3 Å². The molecule has 120 valence electrons. The Labute approximate surface area is 128 Å². The van der Waals surface area contributed by atoms with Gasteiger partial charge in [0.2, 0.25) is 5.91 Å². The van der Waals surface area contributed by atoms with Crippen molar-refractivity contribution in [1.29, 1.82) is 0 Å². The van der Waals surface area contributed by atoms with E-state index in [0.29, 0.717) is 5.41 Å². The highest BCUT2D eigenvalue weighted by Crippen LogP contribution is 2.60. The minimum atomic E-state index is -0.206. The van der Waals surface area contributed by atoms with Crippen LogP contribution in [-0.4, -0.2) is 37.0 Å². The summed E-state index contributed by atoms with van der Waals surface area (Å²) in [6.07, 6.45) is 5.47. The Bertz CT molecular complexity index is 403. The Kier molecular flexibility index (Phi) is 4.79. The molecule has 3 N–H and O–H groups in total. The van der Waals surface area contributed by atoms with Crippen LogP contribution in [0.1, 0.15) is 53.4 Å². The number of hydrogen-bond donors (Lipinski definition) is 3. The van der Waals surface area contributed by atoms with E-state index in [1.54, 1.807) is 0 Å². The third-order valence-electron chi connectivity index (χ3n) is 4.18. The zero-order valence-electron chi connectivity index (χ0n) is 13.9. The van der Waals surface area contributed by atoms with E-state index in [1.807, 2.05) is 27.7 Å². The molecule has 21 heavy (non-hydrogen) atoms. The smallest absolute Gasteiger partial charge is 0.242 e. The molecule has 2 aliphatic carbocycles. The van der Waals surface area contributed by atoms with Gasteiger partial charge < -0.3 is 16.0 Å². The van der Waals surface area contributed by atoms with Gasteiger partial charge in [0.1, 0.15) is 6.54 Å². The van der Waals surface area contributed by atoms with Crippen LogP contribution in [0.2, 0.25) is 0 Å². The van der Waals surface area contributed by atoms with Gasteiger partial charge in [0.05, 0.1) is 0 Å². The van der Waals surface area contributed by atoms with Crippen LogP contribution in [-0.2, 0) is 4.79 Å². The highest BCUT2D eigenvalue weighted by Gasteiger charge is 2.53. The first-order valence-electron chi connectivity index (χ1n) is 8.18. The van der Waals surface area contributed by atoms with Gasteiger partial charge in [0, 0.05) is 18.6 Å². The van der Waals surface area contributed by atoms with E-state index >= 15 is 0 Å². The minimum absolute atomic E-state index is 0.0389. The van der Waals surface area contributed by atoms with Crippen LogP contribution in [0, 0.1) is 11.3 Å². The number of carbonyl (C=O) groups excluding carboxylic acids is 1. The van der Waals surface area contributed by atoms with Crippen LogP contribution in [0.5, 0.6) is 0 Å². The average molecular weight is 294 g/mol. The van der Waals surface area contributed by atoms with Gasteiger partial charge in [-0.25, -0.2) is 4.99 Å². The fraction of sp³-hybridized carbons (Fsp3) is 0.875. The number of nitrogens with one attached hydrogen (secondary N) is 3. The molecule has 1 amide bonds. The predicted molar refractivity (Wildman–Crippen MR) is 86.3 cm³/mol. The molecule has 0 bridgehead atoms. The van der Waals surface area contributed by atoms with Crippen molar-refractivity contribution < 1.29 is 4.79 Å². The highest BCUT2D eigenvalue weighted by molar-refractivity contribution is 5.85. The quantitative estimate of drug-likeness (QED) is 0.515. The summed E-state index contributed by atoms with van der Waals surface area (Å²) in [4.78, 5) is 16.2. The summed E-state index contributed by atoms with van der Waals surface area (Å²) in [5.41, 5.74) is 0.326. The lowest BCUT2D eigenvalue weighted by Crippen LogP contribution is -2.44. The standard InChI is InChI=1S/C16H30N4O/c1-5-17-14(18-10-13(21)20-15(2,3)4)19-11-16(8-9-16)12-6-7-12/h12H,5-11H2,1-4H3,(H,20,21)(H2,17,18,19). The number of amides is 1. The van der Waals surface area contributed by atoms with Gasteiger partial charge in [0.25, 0.3) is 0 Å². The number of nitrogens with zero attached hydrogens (tertiary/aromatic N) is 1. The number of aliphatic imine (C=N–C) groups is 1. The van der Waals surface area contributed by atoms with Crippen molar-refractivity contribution in [2.45, 2.75) is 58.9 Å². The Balaban J connectivity index is 1.80. The van der Waals surface area contributed by atoms with E-state index in [0.717, 1.165) is 25.0 Å². The molecule has 0 radical (unpaired) electrons. The molecule has 0 aliphatic heterocycles. The van der Waals surface area contributed by atoms with Crippen molar-refractivity contribution in [3.8, 4) is 0 Å². The largest absolute Gasteiger partial charge is 0.357 e. The van der Waals surface area contributed by atoms with Gasteiger partial charge in [-0.15, -0.1) is 0 Å². The number of carbonyl (C=O) groups is 1. The maximum atomic E-state index is 11.8. The second-order valence-electron chi connectivity index (χ2n) is 7.48. The fourth-order valence-electron chi connectivity index (χ4n) is 2.80. The maximum absolute atomic E-state index is 11.8. The zero-order valence-corrected chi connectivity index (χ0v) is 13.9. The highest BCUT2D eigenvalue weighted by atomic mass is 16.2. The first-order chi connectivity index (χ1) is 9.85. The molecule has 0 aromatic carbocycles. The molecule has 5 heteroatoms. The molecule has 0 heterocycles. The molecule has 2 fully saturated rings. The van der Waals surface area contributed by atoms with Gasteiger partial charge in [-0.3, -0.25) is 4.79 Å². The third kappa shape index (κ3) is 5.21. The zero-order chi connectivity index (χ0) is 15.5. The molecule has 0 aromatic rings. The van der Waals surface area contributed by atoms with Gasteiger partial charge in [-0.05, 0) is 64.7 Å². The molecular formula is C16H30N4O. The van der Waals surface area contributed by atoms with E-state index < -0.39 is 0 Å². The third-order valence-corrected chi connectivity index (χ3v) is 4.18. The van der Waals surface area contributed by atoms with Crippen LogP contribution < -0.4 is 16.0 Å². The summed E-state index contributed by atoms with van der Waals surface area (Å²) in [7, 11) is 0. The summed E-state index contributed by atoms with van der Waals surface area (Å²) >= 11 is 0.